The highest BCUT2D eigenvalue weighted by molar-refractivity contribution is 5.83. The van der Waals surface area contributed by atoms with E-state index in [0.717, 1.165) is 38.8 Å². The van der Waals surface area contributed by atoms with Crippen molar-refractivity contribution in [2.75, 3.05) is 0 Å². The van der Waals surface area contributed by atoms with Crippen LogP contribution in [0.2, 0.25) is 0 Å². The number of carboxylic acid groups (broad SMARTS) is 1. The average Bonchev–Trinajstić information content (AvgIpc) is 2.75. The summed E-state index contributed by atoms with van der Waals surface area (Å²) in [7, 11) is 0. The van der Waals surface area contributed by atoms with Crippen molar-refractivity contribution in [3.8, 4) is 0 Å². The number of carbonyl (C=O) groups excluding carboxylic acids is 1. The molecule has 0 radical (unpaired) electrons. The van der Waals surface area contributed by atoms with Crippen molar-refractivity contribution in [2.45, 2.75) is 104 Å². The molecule has 1 aliphatic heterocycles. The van der Waals surface area contributed by atoms with E-state index in [1.54, 1.807) is 19.1 Å². The van der Waals surface area contributed by atoms with Crippen LogP contribution in [0.15, 0.2) is 58.7 Å². The zero-order valence-corrected chi connectivity index (χ0v) is 23.2. The van der Waals surface area contributed by atoms with E-state index < -0.39 is 41.1 Å². The number of aliphatic carboxylic acids is 1. The van der Waals surface area contributed by atoms with Crippen LogP contribution in [-0.2, 0) is 19.1 Å². The van der Waals surface area contributed by atoms with Crippen molar-refractivity contribution in [2.24, 2.45) is 5.41 Å². The van der Waals surface area contributed by atoms with Crippen LogP contribution in [0.4, 0.5) is 0 Å². The van der Waals surface area contributed by atoms with Gasteiger partial charge in [-0.1, -0.05) is 55.4 Å². The predicted molar refractivity (Wildman–Crippen MR) is 140 cm³/mol. The Morgan fingerprint density at radius 1 is 1.05 bits per heavy atom. The Bertz CT molecular complexity index is 1050. The number of esters is 1. The lowest BCUT2D eigenvalue weighted by atomic mass is 9.72. The Morgan fingerprint density at radius 2 is 1.68 bits per heavy atom. The number of ether oxygens (including phenoxy) is 2. The van der Waals surface area contributed by atoms with E-state index in [9.17, 15) is 30.0 Å². The van der Waals surface area contributed by atoms with E-state index >= 15 is 0 Å². The Balaban J connectivity index is 2.10. The number of aliphatic hydroxyl groups is 3. The quantitative estimate of drug-likeness (QED) is 0.225. The molecule has 1 aliphatic carbocycles. The fourth-order valence-corrected chi connectivity index (χ4v) is 4.83. The van der Waals surface area contributed by atoms with E-state index in [2.05, 4.69) is 32.9 Å². The number of aliphatic hydroxyl groups excluding tert-OH is 1. The second-order valence-electron chi connectivity index (χ2n) is 11.4. The maximum atomic E-state index is 12.5. The third-order valence-corrected chi connectivity index (χ3v) is 7.62. The van der Waals surface area contributed by atoms with Crippen molar-refractivity contribution < 1.29 is 39.5 Å². The number of carbonyl (C=O) groups is 2. The van der Waals surface area contributed by atoms with Crippen molar-refractivity contribution in [3.63, 3.8) is 0 Å². The van der Waals surface area contributed by atoms with Gasteiger partial charge in [0, 0.05) is 6.08 Å². The molecule has 1 heterocycles. The molecular formula is C29H42O8. The lowest BCUT2D eigenvalue weighted by molar-refractivity contribution is -0.369. The topological polar surface area (TPSA) is 134 Å². The number of hydrogen-bond donors (Lipinski definition) is 4. The maximum Gasteiger partial charge on any atom is 0.338 e. The molecule has 206 valence electrons. The summed E-state index contributed by atoms with van der Waals surface area (Å²) in [5.41, 5.74) is -2.43. The van der Waals surface area contributed by atoms with Crippen LogP contribution in [-0.4, -0.2) is 61.6 Å². The lowest BCUT2D eigenvalue weighted by Crippen LogP contribution is -2.77. The van der Waals surface area contributed by atoms with E-state index in [4.69, 9.17) is 9.47 Å². The van der Waals surface area contributed by atoms with Gasteiger partial charge in [0.25, 0.3) is 0 Å². The zero-order chi connectivity index (χ0) is 28.4. The zero-order valence-electron chi connectivity index (χ0n) is 23.2. The molecule has 4 N–H and O–H groups in total. The number of hydrogen-bond acceptors (Lipinski definition) is 7. The van der Waals surface area contributed by atoms with Crippen molar-refractivity contribution in [3.05, 3.63) is 58.7 Å². The summed E-state index contributed by atoms with van der Waals surface area (Å²) in [6.45, 7) is 13.6. The maximum absolute atomic E-state index is 12.5. The van der Waals surface area contributed by atoms with Crippen molar-refractivity contribution >= 4 is 11.9 Å². The minimum Gasteiger partial charge on any atom is -0.479 e. The summed E-state index contributed by atoms with van der Waals surface area (Å²) >= 11 is 0. The molecule has 5 atom stereocenters. The number of allylic oxidation sites excluding steroid dienone is 9. The van der Waals surface area contributed by atoms with Crippen LogP contribution in [0.3, 0.4) is 0 Å². The first-order valence-electron chi connectivity index (χ1n) is 12.5. The Hall–Kier alpha value is -2.52. The molecule has 0 aromatic carbocycles. The summed E-state index contributed by atoms with van der Waals surface area (Å²) in [4.78, 5) is 24.2. The molecular weight excluding hydrogens is 476 g/mol. The summed E-state index contributed by atoms with van der Waals surface area (Å²) in [5.74, 6) is -2.49. The van der Waals surface area contributed by atoms with Gasteiger partial charge in [-0.3, -0.25) is 0 Å². The fourth-order valence-electron chi connectivity index (χ4n) is 4.83. The van der Waals surface area contributed by atoms with Crippen LogP contribution in [0.5, 0.6) is 0 Å². The van der Waals surface area contributed by atoms with Crippen LogP contribution >= 0.6 is 0 Å². The largest absolute Gasteiger partial charge is 0.479 e. The lowest BCUT2D eigenvalue weighted by Gasteiger charge is -2.54. The Labute approximate surface area is 219 Å². The van der Waals surface area contributed by atoms with Crippen molar-refractivity contribution in [1.82, 2.24) is 0 Å². The van der Waals surface area contributed by atoms with E-state index in [-0.39, 0.29) is 5.41 Å². The molecule has 0 spiro atoms. The van der Waals surface area contributed by atoms with Gasteiger partial charge in [0.15, 0.2) is 11.2 Å². The first-order valence-corrected chi connectivity index (χ1v) is 12.5. The molecule has 1 fully saturated rings. The van der Waals surface area contributed by atoms with Gasteiger partial charge in [0.1, 0.15) is 11.7 Å². The molecule has 0 aromatic heterocycles. The predicted octanol–water partition coefficient (Wildman–Crippen LogP) is 4.12. The SMILES string of the molecule is CC1=C(/C=C/C(C)=C/C=C/C(C)=C/C(=O)OC2OC(C)(C(=O)O)C(C)(O)C(O)C2(C)O)C(C)(C)CCC1. The third kappa shape index (κ3) is 6.49. The summed E-state index contributed by atoms with van der Waals surface area (Å²) in [5, 5.41) is 41.3. The van der Waals surface area contributed by atoms with E-state index in [1.807, 2.05) is 13.0 Å². The monoisotopic (exact) mass is 518 g/mol. The molecule has 0 saturated carbocycles. The first-order chi connectivity index (χ1) is 16.9. The second-order valence-corrected chi connectivity index (χ2v) is 11.4. The highest BCUT2D eigenvalue weighted by Gasteiger charge is 2.68. The summed E-state index contributed by atoms with van der Waals surface area (Å²) < 4.78 is 10.5. The molecule has 1 saturated heterocycles. The Kier molecular flexibility index (Phi) is 9.19. The first kappa shape index (κ1) is 30.7. The number of carboxylic acids is 1. The second kappa shape index (κ2) is 11.1. The molecule has 2 rings (SSSR count). The highest BCUT2D eigenvalue weighted by Crippen LogP contribution is 2.43. The van der Waals surface area contributed by atoms with Gasteiger partial charge < -0.3 is 29.9 Å². The van der Waals surface area contributed by atoms with Crippen LogP contribution in [0.1, 0.15) is 74.7 Å². The third-order valence-electron chi connectivity index (χ3n) is 7.62. The van der Waals surface area contributed by atoms with Crippen molar-refractivity contribution in [1.29, 1.82) is 0 Å². The number of rotatable bonds is 7. The van der Waals surface area contributed by atoms with Gasteiger partial charge in [0.2, 0.25) is 6.29 Å². The Morgan fingerprint density at radius 3 is 2.24 bits per heavy atom. The molecule has 8 heteroatoms. The minimum absolute atomic E-state index is 0.162. The molecule has 0 bridgehead atoms. The van der Waals surface area contributed by atoms with Gasteiger partial charge in [-0.15, -0.1) is 0 Å². The molecule has 8 nitrogen and oxygen atoms in total. The van der Waals surface area contributed by atoms with Crippen LogP contribution in [0, 0.1) is 5.41 Å². The van der Waals surface area contributed by atoms with Gasteiger partial charge in [0.05, 0.1) is 0 Å². The molecule has 2 aliphatic rings. The van der Waals surface area contributed by atoms with Gasteiger partial charge in [-0.25, -0.2) is 9.59 Å². The molecule has 37 heavy (non-hydrogen) atoms. The molecule has 0 amide bonds. The van der Waals surface area contributed by atoms with E-state index in [1.165, 1.54) is 24.0 Å². The fraction of sp³-hybridized carbons (Fsp3) is 0.586. The van der Waals surface area contributed by atoms with Gasteiger partial charge in [-0.05, 0) is 77.4 Å². The van der Waals surface area contributed by atoms with E-state index in [0.29, 0.717) is 5.57 Å². The van der Waals surface area contributed by atoms with Crippen LogP contribution in [0.25, 0.3) is 0 Å². The highest BCUT2D eigenvalue weighted by atomic mass is 16.7. The normalized spacial score (nSPS) is 35.3. The van der Waals surface area contributed by atoms with Gasteiger partial charge in [-0.2, -0.15) is 0 Å². The molecule has 5 unspecified atom stereocenters. The standard InChI is InChI=1S/C29H42O8/c1-18(14-15-21-20(3)13-10-16-26(21,4)5)11-9-12-19(2)17-22(30)36-25-27(6,34)23(31)28(7,35)29(8,37-25)24(32)33/h9,11-12,14-15,17,23,25,31,34-35H,10,13,16H2,1-8H3,(H,32,33)/b12-9+,15-14+,18-11+,19-17+. The van der Waals surface area contributed by atoms with Gasteiger partial charge >= 0.3 is 11.9 Å². The van der Waals surface area contributed by atoms with Crippen LogP contribution < -0.4 is 0 Å². The molecule has 0 aromatic rings. The average molecular weight is 519 g/mol. The smallest absolute Gasteiger partial charge is 0.338 e. The summed E-state index contributed by atoms with van der Waals surface area (Å²) in [6, 6.07) is 0. The minimum atomic E-state index is -2.36. The summed E-state index contributed by atoms with van der Waals surface area (Å²) in [6.07, 6.45) is 10.5.